The lowest BCUT2D eigenvalue weighted by molar-refractivity contribution is -0.121. The molecule has 1 aromatic rings. The predicted octanol–water partition coefficient (Wildman–Crippen LogP) is 1.12. The number of carbonyl (C=O) groups is 1. The van der Waals surface area contributed by atoms with E-state index in [9.17, 15) is 4.79 Å². The molecule has 15 heavy (non-hydrogen) atoms. The Labute approximate surface area is 90.1 Å². The summed E-state index contributed by atoms with van der Waals surface area (Å²) in [6.07, 6.45) is 0.731. The van der Waals surface area contributed by atoms with Crippen LogP contribution in [0.5, 0.6) is 0 Å². The predicted molar refractivity (Wildman–Crippen MR) is 59.5 cm³/mol. The lowest BCUT2D eigenvalue weighted by atomic mass is 10.1. The highest BCUT2D eigenvalue weighted by molar-refractivity contribution is 5.76. The molecule has 0 aliphatic heterocycles. The largest absolute Gasteiger partial charge is 0.392 e. The average Bonchev–Trinajstić information content (AvgIpc) is 2.25. The van der Waals surface area contributed by atoms with Gasteiger partial charge in [-0.3, -0.25) is 4.79 Å². The standard InChI is InChI=1S/C12H17NO2/c1-10(14)9-13-12(15)8-7-11-5-3-2-4-6-11/h2-6,10,14H,7-9H2,1H3,(H,13,15). The summed E-state index contributed by atoms with van der Waals surface area (Å²) in [5.74, 6) is -0.0141. The fraction of sp³-hybridized carbons (Fsp3) is 0.417. The molecule has 1 aromatic carbocycles. The summed E-state index contributed by atoms with van der Waals surface area (Å²) in [6, 6.07) is 9.88. The van der Waals surface area contributed by atoms with E-state index in [0.717, 1.165) is 12.0 Å². The Kier molecular flexibility index (Phi) is 4.84. The Morgan fingerprint density at radius 1 is 1.40 bits per heavy atom. The molecule has 2 N–H and O–H groups in total. The second-order valence-electron chi connectivity index (χ2n) is 3.64. The van der Waals surface area contributed by atoms with Crippen molar-refractivity contribution in [2.45, 2.75) is 25.9 Å². The Balaban J connectivity index is 2.23. The zero-order valence-corrected chi connectivity index (χ0v) is 8.94. The van der Waals surface area contributed by atoms with Crippen LogP contribution in [0.1, 0.15) is 18.9 Å². The molecule has 3 nitrogen and oxygen atoms in total. The number of rotatable bonds is 5. The van der Waals surface area contributed by atoms with Gasteiger partial charge in [-0.2, -0.15) is 0 Å². The molecule has 0 aliphatic rings. The number of aliphatic hydroxyl groups is 1. The van der Waals surface area contributed by atoms with Crippen LogP contribution in [0.15, 0.2) is 30.3 Å². The van der Waals surface area contributed by atoms with E-state index in [1.165, 1.54) is 0 Å². The van der Waals surface area contributed by atoms with Crippen LogP contribution in [0, 0.1) is 0 Å². The van der Waals surface area contributed by atoms with Crippen molar-refractivity contribution in [2.75, 3.05) is 6.54 Å². The third-order valence-corrected chi connectivity index (χ3v) is 2.08. The zero-order valence-electron chi connectivity index (χ0n) is 8.94. The first kappa shape index (κ1) is 11.7. The minimum Gasteiger partial charge on any atom is -0.392 e. The van der Waals surface area contributed by atoms with Crippen LogP contribution in [0.3, 0.4) is 0 Å². The van der Waals surface area contributed by atoms with Crippen molar-refractivity contribution in [3.63, 3.8) is 0 Å². The van der Waals surface area contributed by atoms with Crippen molar-refractivity contribution in [2.24, 2.45) is 0 Å². The highest BCUT2D eigenvalue weighted by Crippen LogP contribution is 2.01. The molecule has 1 rings (SSSR count). The van der Waals surface area contributed by atoms with Crippen LogP contribution >= 0.6 is 0 Å². The molecular weight excluding hydrogens is 190 g/mol. The van der Waals surface area contributed by atoms with Crippen LogP contribution in [0.2, 0.25) is 0 Å². The molecule has 0 aliphatic carbocycles. The average molecular weight is 207 g/mol. The quantitative estimate of drug-likeness (QED) is 0.760. The molecule has 0 saturated carbocycles. The summed E-state index contributed by atoms with van der Waals surface area (Å²) in [5.41, 5.74) is 1.16. The van der Waals surface area contributed by atoms with Gasteiger partial charge < -0.3 is 10.4 Å². The molecule has 0 saturated heterocycles. The summed E-state index contributed by atoms with van der Waals surface area (Å²) in [6.45, 7) is 1.98. The summed E-state index contributed by atoms with van der Waals surface area (Å²) < 4.78 is 0. The normalized spacial score (nSPS) is 12.1. The molecule has 0 bridgehead atoms. The van der Waals surface area contributed by atoms with Crippen molar-refractivity contribution in [3.05, 3.63) is 35.9 Å². The zero-order chi connectivity index (χ0) is 11.1. The van der Waals surface area contributed by atoms with Gasteiger partial charge in [0.15, 0.2) is 0 Å². The van der Waals surface area contributed by atoms with Crippen LogP contribution in [0.4, 0.5) is 0 Å². The number of hydrogen-bond donors (Lipinski definition) is 2. The van der Waals surface area contributed by atoms with Gasteiger partial charge >= 0.3 is 0 Å². The highest BCUT2D eigenvalue weighted by Gasteiger charge is 2.02. The Bertz CT molecular complexity index is 296. The minimum absolute atomic E-state index is 0.0141. The molecule has 0 spiro atoms. The molecule has 0 aromatic heterocycles. The van der Waals surface area contributed by atoms with Gasteiger partial charge in [-0.05, 0) is 18.9 Å². The van der Waals surface area contributed by atoms with Gasteiger partial charge in [0.25, 0.3) is 0 Å². The van der Waals surface area contributed by atoms with E-state index in [1.54, 1.807) is 6.92 Å². The first-order valence-electron chi connectivity index (χ1n) is 5.17. The summed E-state index contributed by atoms with van der Waals surface area (Å²) in [7, 11) is 0. The second kappa shape index (κ2) is 6.19. The molecule has 1 amide bonds. The Morgan fingerprint density at radius 2 is 2.07 bits per heavy atom. The van der Waals surface area contributed by atoms with E-state index >= 15 is 0 Å². The molecular formula is C12H17NO2. The summed E-state index contributed by atoms with van der Waals surface area (Å²) in [4.78, 5) is 11.3. The van der Waals surface area contributed by atoms with Crippen LogP contribution in [-0.2, 0) is 11.2 Å². The van der Waals surface area contributed by atoms with E-state index in [0.29, 0.717) is 13.0 Å². The molecule has 0 heterocycles. The van der Waals surface area contributed by atoms with Gasteiger partial charge in [-0.15, -0.1) is 0 Å². The second-order valence-corrected chi connectivity index (χ2v) is 3.64. The molecule has 1 unspecified atom stereocenters. The minimum atomic E-state index is -0.481. The maximum absolute atomic E-state index is 11.3. The molecule has 0 radical (unpaired) electrons. The van der Waals surface area contributed by atoms with E-state index in [-0.39, 0.29) is 5.91 Å². The first-order valence-corrected chi connectivity index (χ1v) is 5.17. The van der Waals surface area contributed by atoms with E-state index < -0.39 is 6.10 Å². The SMILES string of the molecule is CC(O)CNC(=O)CCc1ccccc1. The number of hydrogen-bond acceptors (Lipinski definition) is 2. The van der Waals surface area contributed by atoms with Gasteiger partial charge in [0.05, 0.1) is 6.10 Å². The third kappa shape index (κ3) is 5.18. The van der Waals surface area contributed by atoms with Gasteiger partial charge in [0.2, 0.25) is 5.91 Å². The maximum atomic E-state index is 11.3. The topological polar surface area (TPSA) is 49.3 Å². The number of aliphatic hydroxyl groups excluding tert-OH is 1. The molecule has 1 atom stereocenters. The number of benzene rings is 1. The van der Waals surface area contributed by atoms with Gasteiger partial charge in [-0.25, -0.2) is 0 Å². The molecule has 82 valence electrons. The van der Waals surface area contributed by atoms with Crippen LogP contribution in [-0.4, -0.2) is 23.7 Å². The van der Waals surface area contributed by atoms with Gasteiger partial charge in [-0.1, -0.05) is 30.3 Å². The third-order valence-electron chi connectivity index (χ3n) is 2.08. The van der Waals surface area contributed by atoms with E-state index in [1.807, 2.05) is 30.3 Å². The van der Waals surface area contributed by atoms with E-state index in [2.05, 4.69) is 5.32 Å². The number of nitrogens with one attached hydrogen (secondary N) is 1. The van der Waals surface area contributed by atoms with Crippen molar-refractivity contribution in [1.82, 2.24) is 5.32 Å². The number of carbonyl (C=O) groups excluding carboxylic acids is 1. The van der Waals surface area contributed by atoms with Crippen molar-refractivity contribution < 1.29 is 9.90 Å². The van der Waals surface area contributed by atoms with Crippen LogP contribution in [0.25, 0.3) is 0 Å². The summed E-state index contributed by atoms with van der Waals surface area (Å²) >= 11 is 0. The number of aryl methyl sites for hydroxylation is 1. The highest BCUT2D eigenvalue weighted by atomic mass is 16.3. The maximum Gasteiger partial charge on any atom is 0.220 e. The Morgan fingerprint density at radius 3 is 2.67 bits per heavy atom. The van der Waals surface area contributed by atoms with E-state index in [4.69, 9.17) is 5.11 Å². The fourth-order valence-electron chi connectivity index (χ4n) is 1.25. The fourth-order valence-corrected chi connectivity index (χ4v) is 1.25. The van der Waals surface area contributed by atoms with Crippen LogP contribution < -0.4 is 5.32 Å². The lowest BCUT2D eigenvalue weighted by Gasteiger charge is -2.06. The van der Waals surface area contributed by atoms with Crippen molar-refractivity contribution >= 4 is 5.91 Å². The number of amides is 1. The van der Waals surface area contributed by atoms with Crippen molar-refractivity contribution in [3.8, 4) is 0 Å². The smallest absolute Gasteiger partial charge is 0.220 e. The monoisotopic (exact) mass is 207 g/mol. The summed E-state index contributed by atoms with van der Waals surface area (Å²) in [5, 5.41) is 11.6. The van der Waals surface area contributed by atoms with Crippen molar-refractivity contribution in [1.29, 1.82) is 0 Å². The van der Waals surface area contributed by atoms with Gasteiger partial charge in [0.1, 0.15) is 0 Å². The lowest BCUT2D eigenvalue weighted by Crippen LogP contribution is -2.30. The molecule has 0 fully saturated rings. The molecule has 3 heteroatoms. The Hall–Kier alpha value is -1.35. The van der Waals surface area contributed by atoms with Gasteiger partial charge in [0, 0.05) is 13.0 Å². The first-order chi connectivity index (χ1) is 7.18.